The zero-order chi connectivity index (χ0) is 15.9. The van der Waals surface area contributed by atoms with Gasteiger partial charge < -0.3 is 5.32 Å². The minimum atomic E-state index is -3.02. The van der Waals surface area contributed by atoms with Crippen LogP contribution in [0.3, 0.4) is 0 Å². The molecule has 0 aliphatic carbocycles. The lowest BCUT2D eigenvalue weighted by molar-refractivity contribution is 0.489. The van der Waals surface area contributed by atoms with E-state index in [0.29, 0.717) is 6.42 Å². The third-order valence-electron chi connectivity index (χ3n) is 3.68. The van der Waals surface area contributed by atoms with Gasteiger partial charge in [-0.1, -0.05) is 37.3 Å². The molecule has 0 aromatic heterocycles. The molecule has 1 N–H and O–H groups in total. The van der Waals surface area contributed by atoms with Crippen LogP contribution in [-0.4, -0.2) is 25.5 Å². The Balaban J connectivity index is 2.63. The molecule has 0 bridgehead atoms. The molecule has 0 saturated heterocycles. The first-order valence-corrected chi connectivity index (χ1v) is 9.44. The lowest BCUT2D eigenvalue weighted by atomic mass is 10.0. The molecule has 0 fully saturated rings. The van der Waals surface area contributed by atoms with E-state index in [2.05, 4.69) is 24.4 Å². The molecule has 4 heteroatoms. The number of sulfone groups is 1. The van der Waals surface area contributed by atoms with Crippen LogP contribution in [0.15, 0.2) is 30.3 Å². The van der Waals surface area contributed by atoms with E-state index >= 15 is 0 Å². The van der Waals surface area contributed by atoms with Crippen molar-refractivity contribution in [1.82, 2.24) is 5.32 Å². The van der Waals surface area contributed by atoms with Crippen LogP contribution < -0.4 is 5.32 Å². The number of hydrogen-bond donors (Lipinski definition) is 1. The molecule has 3 nitrogen and oxygen atoms in total. The van der Waals surface area contributed by atoms with E-state index in [9.17, 15) is 8.42 Å². The van der Waals surface area contributed by atoms with Crippen LogP contribution in [0.1, 0.15) is 58.6 Å². The van der Waals surface area contributed by atoms with Crippen LogP contribution in [0.2, 0.25) is 0 Å². The van der Waals surface area contributed by atoms with Crippen molar-refractivity contribution in [3.8, 4) is 0 Å². The minimum Gasteiger partial charge on any atom is -0.310 e. The molecule has 0 radical (unpaired) electrons. The first-order valence-electron chi connectivity index (χ1n) is 7.78. The maximum atomic E-state index is 12.2. The molecule has 0 aliphatic heterocycles. The maximum absolute atomic E-state index is 12.2. The van der Waals surface area contributed by atoms with Crippen LogP contribution >= 0.6 is 0 Å². The monoisotopic (exact) mass is 311 g/mol. The van der Waals surface area contributed by atoms with Crippen LogP contribution in [-0.2, 0) is 9.84 Å². The van der Waals surface area contributed by atoms with Crippen molar-refractivity contribution in [2.45, 2.75) is 57.7 Å². The second-order valence-electron chi connectivity index (χ2n) is 6.49. The quantitative estimate of drug-likeness (QED) is 0.796. The average molecular weight is 311 g/mol. The Labute approximate surface area is 130 Å². The summed E-state index contributed by atoms with van der Waals surface area (Å²) in [6.45, 7) is 8.40. The fourth-order valence-corrected chi connectivity index (χ4v) is 3.33. The van der Waals surface area contributed by atoms with Gasteiger partial charge in [0.2, 0.25) is 0 Å². The highest BCUT2D eigenvalue weighted by Crippen LogP contribution is 2.22. The molecule has 0 saturated carbocycles. The SMILES string of the molecule is CCCNC(CCCS(=O)(=O)C(C)(C)C)c1ccccc1. The molecular weight excluding hydrogens is 282 g/mol. The molecule has 1 unspecified atom stereocenters. The van der Waals surface area contributed by atoms with Crippen molar-refractivity contribution in [3.63, 3.8) is 0 Å². The van der Waals surface area contributed by atoms with Gasteiger partial charge in [0.25, 0.3) is 0 Å². The van der Waals surface area contributed by atoms with Gasteiger partial charge >= 0.3 is 0 Å². The Morgan fingerprint density at radius 2 is 1.76 bits per heavy atom. The van der Waals surface area contributed by atoms with Gasteiger partial charge in [-0.3, -0.25) is 0 Å². The molecule has 120 valence electrons. The zero-order valence-corrected chi connectivity index (χ0v) is 14.5. The molecule has 1 aromatic rings. The molecule has 0 spiro atoms. The standard InChI is InChI=1S/C17H29NO2S/c1-5-13-18-16(15-10-7-6-8-11-15)12-9-14-21(19,20)17(2,3)4/h6-8,10-11,16,18H,5,9,12-14H2,1-4H3. The van der Waals surface area contributed by atoms with Crippen molar-refractivity contribution in [1.29, 1.82) is 0 Å². The number of benzene rings is 1. The highest BCUT2D eigenvalue weighted by Gasteiger charge is 2.28. The molecule has 0 amide bonds. The summed E-state index contributed by atoms with van der Waals surface area (Å²) in [6.07, 6.45) is 2.61. The minimum absolute atomic E-state index is 0.237. The molecule has 21 heavy (non-hydrogen) atoms. The summed E-state index contributed by atoms with van der Waals surface area (Å²) in [6, 6.07) is 10.5. The van der Waals surface area contributed by atoms with E-state index in [-0.39, 0.29) is 11.8 Å². The summed E-state index contributed by atoms with van der Waals surface area (Å²) >= 11 is 0. The highest BCUT2D eigenvalue weighted by atomic mass is 32.2. The highest BCUT2D eigenvalue weighted by molar-refractivity contribution is 7.92. The number of nitrogens with one attached hydrogen (secondary N) is 1. The topological polar surface area (TPSA) is 46.2 Å². The van der Waals surface area contributed by atoms with Gasteiger partial charge in [-0.25, -0.2) is 8.42 Å². The van der Waals surface area contributed by atoms with Crippen molar-refractivity contribution in [2.24, 2.45) is 0 Å². The van der Waals surface area contributed by atoms with Crippen LogP contribution in [0.25, 0.3) is 0 Å². The number of rotatable bonds is 8. The lowest BCUT2D eigenvalue weighted by Crippen LogP contribution is -2.31. The van der Waals surface area contributed by atoms with Crippen LogP contribution in [0.5, 0.6) is 0 Å². The third kappa shape index (κ3) is 5.79. The fourth-order valence-electron chi connectivity index (χ4n) is 2.17. The van der Waals surface area contributed by atoms with Gasteiger partial charge in [-0.05, 0) is 52.1 Å². The second-order valence-corrected chi connectivity index (χ2v) is 9.35. The Bertz CT molecular complexity index is 503. The van der Waals surface area contributed by atoms with Crippen molar-refractivity contribution >= 4 is 9.84 Å². The second kappa shape index (κ2) is 7.95. The largest absolute Gasteiger partial charge is 0.310 e. The molecule has 1 rings (SSSR count). The fraction of sp³-hybridized carbons (Fsp3) is 0.647. The summed E-state index contributed by atoms with van der Waals surface area (Å²) in [7, 11) is -3.02. The molecule has 1 aromatic carbocycles. The summed E-state index contributed by atoms with van der Waals surface area (Å²) in [4.78, 5) is 0. The maximum Gasteiger partial charge on any atom is 0.155 e. The molecule has 0 heterocycles. The van der Waals surface area contributed by atoms with E-state index in [1.165, 1.54) is 5.56 Å². The van der Waals surface area contributed by atoms with E-state index in [1.54, 1.807) is 20.8 Å². The summed E-state index contributed by atoms with van der Waals surface area (Å²) in [5.74, 6) is 0.258. The first kappa shape index (κ1) is 18.2. The van der Waals surface area contributed by atoms with E-state index in [1.807, 2.05) is 18.2 Å². The van der Waals surface area contributed by atoms with Gasteiger partial charge in [0.15, 0.2) is 9.84 Å². The van der Waals surface area contributed by atoms with Crippen LogP contribution in [0.4, 0.5) is 0 Å². The van der Waals surface area contributed by atoms with Crippen LogP contribution in [0, 0.1) is 0 Å². The Morgan fingerprint density at radius 1 is 1.14 bits per heavy atom. The van der Waals surface area contributed by atoms with Gasteiger partial charge in [-0.2, -0.15) is 0 Å². The average Bonchev–Trinajstić information content (AvgIpc) is 2.42. The van der Waals surface area contributed by atoms with Gasteiger partial charge in [0.05, 0.1) is 10.5 Å². The molecule has 0 aliphatic rings. The van der Waals surface area contributed by atoms with Crippen molar-refractivity contribution in [2.75, 3.05) is 12.3 Å². The number of hydrogen-bond acceptors (Lipinski definition) is 3. The van der Waals surface area contributed by atoms with Crippen molar-refractivity contribution < 1.29 is 8.42 Å². The summed E-state index contributed by atoms with van der Waals surface area (Å²) in [5.41, 5.74) is 1.24. The lowest BCUT2D eigenvalue weighted by Gasteiger charge is -2.22. The molecular formula is C17H29NO2S. The summed E-state index contributed by atoms with van der Waals surface area (Å²) < 4.78 is 23.7. The normalized spacial score (nSPS) is 14.1. The van der Waals surface area contributed by atoms with E-state index in [0.717, 1.165) is 19.4 Å². The van der Waals surface area contributed by atoms with Crippen molar-refractivity contribution in [3.05, 3.63) is 35.9 Å². The van der Waals surface area contributed by atoms with Gasteiger partial charge in [-0.15, -0.1) is 0 Å². The van der Waals surface area contributed by atoms with Gasteiger partial charge in [0, 0.05) is 6.04 Å². The Morgan fingerprint density at radius 3 is 2.29 bits per heavy atom. The predicted molar refractivity (Wildman–Crippen MR) is 90.3 cm³/mol. The molecule has 1 atom stereocenters. The third-order valence-corrected chi connectivity index (χ3v) is 6.37. The predicted octanol–water partition coefficient (Wildman–Crippen LogP) is 3.72. The van der Waals surface area contributed by atoms with E-state index in [4.69, 9.17) is 0 Å². The summed E-state index contributed by atoms with van der Waals surface area (Å²) in [5, 5.41) is 3.52. The van der Waals surface area contributed by atoms with E-state index < -0.39 is 14.6 Å². The smallest absolute Gasteiger partial charge is 0.155 e. The van der Waals surface area contributed by atoms with Gasteiger partial charge in [0.1, 0.15) is 0 Å². The Kier molecular flexibility index (Phi) is 6.88. The first-order chi connectivity index (χ1) is 9.78. The zero-order valence-electron chi connectivity index (χ0n) is 13.7. The Hall–Kier alpha value is -0.870.